The van der Waals surface area contributed by atoms with Crippen molar-refractivity contribution in [2.45, 2.75) is 45.2 Å². The number of nitrogen functional groups attached to an aromatic ring is 1. The van der Waals surface area contributed by atoms with Crippen molar-refractivity contribution in [1.29, 1.82) is 0 Å². The van der Waals surface area contributed by atoms with Crippen LogP contribution >= 0.6 is 11.6 Å². The molecule has 10 nitrogen and oxygen atoms in total. The maximum atomic E-state index is 13.4. The van der Waals surface area contributed by atoms with Gasteiger partial charge >= 0.3 is 0 Å². The number of aryl methyl sites for hydroxylation is 1. The fourth-order valence-electron chi connectivity index (χ4n) is 3.79. The fourth-order valence-corrected chi connectivity index (χ4v) is 4.05. The highest BCUT2D eigenvalue weighted by molar-refractivity contribution is 6.35. The Bertz CT molecular complexity index is 1380. The Morgan fingerprint density at radius 1 is 1.31 bits per heavy atom. The lowest BCUT2D eigenvalue weighted by molar-refractivity contribution is 0.394. The summed E-state index contributed by atoms with van der Waals surface area (Å²) >= 11 is 6.34. The number of benzene rings is 1. The van der Waals surface area contributed by atoms with E-state index in [-0.39, 0.29) is 29.3 Å². The number of fused-ring (bicyclic) bond motifs is 1. The second kappa shape index (κ2) is 7.86. The number of halogens is 1. The number of nitrogens with one attached hydrogen (secondary N) is 1. The van der Waals surface area contributed by atoms with Gasteiger partial charge in [-0.25, -0.2) is 15.0 Å². The van der Waals surface area contributed by atoms with Crippen LogP contribution in [0.4, 0.5) is 11.6 Å². The first-order valence-corrected chi connectivity index (χ1v) is 10.7. The SMILES string of the molecule is CCC(Nc1ncnc(N)c1-c1noc(C)n1)c1nc2cccc(Cl)c2c(=O)n1C1CC1. The Balaban J connectivity index is 1.64. The summed E-state index contributed by atoms with van der Waals surface area (Å²) in [6, 6.07) is 5.08. The molecular formula is C21H21ClN8O2. The maximum Gasteiger partial charge on any atom is 0.263 e. The predicted octanol–water partition coefficient (Wildman–Crippen LogP) is 3.68. The fraction of sp³-hybridized carbons (Fsp3) is 0.333. The van der Waals surface area contributed by atoms with Gasteiger partial charge in [0.1, 0.15) is 29.4 Å². The van der Waals surface area contributed by atoms with Gasteiger partial charge in [-0.15, -0.1) is 0 Å². The molecule has 1 atom stereocenters. The molecule has 32 heavy (non-hydrogen) atoms. The molecule has 5 rings (SSSR count). The smallest absolute Gasteiger partial charge is 0.263 e. The molecule has 1 unspecified atom stereocenters. The Morgan fingerprint density at radius 3 is 2.81 bits per heavy atom. The van der Waals surface area contributed by atoms with Gasteiger partial charge in [0.2, 0.25) is 11.7 Å². The molecule has 1 aliphatic carbocycles. The largest absolute Gasteiger partial charge is 0.383 e. The summed E-state index contributed by atoms with van der Waals surface area (Å²) < 4.78 is 6.87. The van der Waals surface area contributed by atoms with Crippen LogP contribution in [0.5, 0.6) is 0 Å². The first-order chi connectivity index (χ1) is 15.5. The Labute approximate surface area is 187 Å². The Morgan fingerprint density at radius 2 is 2.12 bits per heavy atom. The molecule has 3 heterocycles. The molecule has 1 aliphatic rings. The maximum absolute atomic E-state index is 13.4. The number of anilines is 2. The summed E-state index contributed by atoms with van der Waals surface area (Å²) in [5.41, 5.74) is 6.99. The third kappa shape index (κ3) is 3.46. The van der Waals surface area contributed by atoms with Crippen LogP contribution in [0, 0.1) is 6.92 Å². The van der Waals surface area contributed by atoms with Gasteiger partial charge in [-0.3, -0.25) is 9.36 Å². The third-order valence-electron chi connectivity index (χ3n) is 5.48. The van der Waals surface area contributed by atoms with E-state index >= 15 is 0 Å². The number of hydrogen-bond donors (Lipinski definition) is 2. The van der Waals surface area contributed by atoms with Crippen LogP contribution in [0.1, 0.15) is 50.0 Å². The van der Waals surface area contributed by atoms with E-state index < -0.39 is 0 Å². The van der Waals surface area contributed by atoms with Crippen molar-refractivity contribution in [3.05, 3.63) is 51.6 Å². The van der Waals surface area contributed by atoms with Crippen LogP contribution in [0.15, 0.2) is 33.8 Å². The van der Waals surface area contributed by atoms with E-state index in [4.69, 9.17) is 26.8 Å². The summed E-state index contributed by atoms with van der Waals surface area (Å²) in [6.07, 6.45) is 3.85. The van der Waals surface area contributed by atoms with E-state index in [9.17, 15) is 4.79 Å². The Hall–Kier alpha value is -3.53. The number of aromatic nitrogens is 6. The van der Waals surface area contributed by atoms with Gasteiger partial charge in [0, 0.05) is 13.0 Å². The zero-order valence-corrected chi connectivity index (χ0v) is 18.3. The summed E-state index contributed by atoms with van der Waals surface area (Å²) in [5, 5.41) is 8.19. The molecule has 0 aliphatic heterocycles. The number of nitrogens with two attached hydrogens (primary N) is 1. The van der Waals surface area contributed by atoms with E-state index in [0.717, 1.165) is 12.8 Å². The average Bonchev–Trinajstić information content (AvgIpc) is 3.51. The summed E-state index contributed by atoms with van der Waals surface area (Å²) in [5.74, 6) is 1.97. The van der Waals surface area contributed by atoms with Gasteiger partial charge in [0.25, 0.3) is 5.56 Å². The topological polar surface area (TPSA) is 138 Å². The van der Waals surface area contributed by atoms with Gasteiger partial charge < -0.3 is 15.6 Å². The van der Waals surface area contributed by atoms with Gasteiger partial charge in [-0.1, -0.05) is 29.7 Å². The van der Waals surface area contributed by atoms with Crippen molar-refractivity contribution in [3.8, 4) is 11.4 Å². The molecule has 0 bridgehead atoms. The van der Waals surface area contributed by atoms with Gasteiger partial charge in [0.15, 0.2) is 0 Å². The number of rotatable bonds is 6. The van der Waals surface area contributed by atoms with Gasteiger partial charge in [-0.2, -0.15) is 4.98 Å². The minimum absolute atomic E-state index is 0.108. The molecule has 1 aromatic carbocycles. The standard InChI is InChI=1S/C21H21ClN8O2/c1-3-13(27-18-16(17(23)24-9-25-18)19-26-10(2)32-29-19)20-28-14-6-4-5-12(22)15(14)21(31)30(20)11-7-8-11/h4-6,9,11,13H,3,7-8H2,1-2H3,(H3,23,24,25,27). The van der Waals surface area contributed by atoms with Crippen LogP contribution in [0.3, 0.4) is 0 Å². The molecule has 1 fully saturated rings. The zero-order chi connectivity index (χ0) is 22.4. The lowest BCUT2D eigenvalue weighted by atomic mass is 10.1. The monoisotopic (exact) mass is 452 g/mol. The highest BCUT2D eigenvalue weighted by Crippen LogP contribution is 2.38. The molecule has 11 heteroatoms. The van der Waals surface area contributed by atoms with E-state index in [1.165, 1.54) is 6.33 Å². The van der Waals surface area contributed by atoms with Crippen LogP contribution in [0.2, 0.25) is 5.02 Å². The van der Waals surface area contributed by atoms with Crippen LogP contribution in [0.25, 0.3) is 22.3 Å². The lowest BCUT2D eigenvalue weighted by Crippen LogP contribution is -2.29. The number of nitrogens with zero attached hydrogens (tertiary/aromatic N) is 6. The molecule has 0 spiro atoms. The molecule has 3 N–H and O–H groups in total. The second-order valence-corrected chi connectivity index (χ2v) is 8.14. The quantitative estimate of drug-likeness (QED) is 0.448. The van der Waals surface area contributed by atoms with Crippen LogP contribution in [-0.4, -0.2) is 29.7 Å². The van der Waals surface area contributed by atoms with Crippen molar-refractivity contribution in [1.82, 2.24) is 29.7 Å². The summed E-state index contributed by atoms with van der Waals surface area (Å²) in [6.45, 7) is 3.70. The molecule has 4 aromatic rings. The lowest BCUT2D eigenvalue weighted by Gasteiger charge is -2.23. The minimum Gasteiger partial charge on any atom is -0.383 e. The molecule has 3 aromatic heterocycles. The molecule has 0 radical (unpaired) electrons. The van der Waals surface area contributed by atoms with Crippen LogP contribution < -0.4 is 16.6 Å². The summed E-state index contributed by atoms with van der Waals surface area (Å²) in [7, 11) is 0. The first-order valence-electron chi connectivity index (χ1n) is 10.4. The first kappa shape index (κ1) is 20.4. The molecule has 1 saturated carbocycles. The van der Waals surface area contributed by atoms with E-state index in [0.29, 0.717) is 45.4 Å². The number of hydrogen-bond acceptors (Lipinski definition) is 9. The zero-order valence-electron chi connectivity index (χ0n) is 17.5. The predicted molar refractivity (Wildman–Crippen MR) is 120 cm³/mol. The Kier molecular flexibility index (Phi) is 5.01. The van der Waals surface area contributed by atoms with E-state index in [1.807, 2.05) is 6.92 Å². The van der Waals surface area contributed by atoms with Crippen molar-refractivity contribution in [2.75, 3.05) is 11.1 Å². The van der Waals surface area contributed by atoms with E-state index in [1.54, 1.807) is 29.7 Å². The van der Waals surface area contributed by atoms with Crippen molar-refractivity contribution < 1.29 is 4.52 Å². The van der Waals surface area contributed by atoms with Crippen molar-refractivity contribution in [2.24, 2.45) is 0 Å². The van der Waals surface area contributed by atoms with Crippen molar-refractivity contribution >= 4 is 34.1 Å². The molecule has 0 saturated heterocycles. The molecule has 164 valence electrons. The van der Waals surface area contributed by atoms with Gasteiger partial charge in [0.05, 0.1) is 22.0 Å². The second-order valence-electron chi connectivity index (χ2n) is 7.73. The minimum atomic E-state index is -0.326. The normalized spacial score (nSPS) is 14.6. The molecular weight excluding hydrogens is 432 g/mol. The van der Waals surface area contributed by atoms with Gasteiger partial charge in [-0.05, 0) is 31.4 Å². The third-order valence-corrected chi connectivity index (χ3v) is 5.79. The van der Waals surface area contributed by atoms with Crippen molar-refractivity contribution in [3.63, 3.8) is 0 Å². The highest BCUT2D eigenvalue weighted by Gasteiger charge is 2.32. The average molecular weight is 453 g/mol. The summed E-state index contributed by atoms with van der Waals surface area (Å²) in [4.78, 5) is 31.0. The molecule has 0 amide bonds. The van der Waals surface area contributed by atoms with E-state index in [2.05, 4.69) is 25.4 Å². The van der Waals surface area contributed by atoms with Crippen LogP contribution in [-0.2, 0) is 0 Å². The highest BCUT2D eigenvalue weighted by atomic mass is 35.5.